The number of aliphatic hydroxyl groups excluding tert-OH is 1. The van der Waals surface area contributed by atoms with Gasteiger partial charge in [-0.1, -0.05) is 0 Å². The molecule has 1 aromatic carbocycles. The van der Waals surface area contributed by atoms with Gasteiger partial charge in [-0.05, 0) is 37.1 Å². The highest BCUT2D eigenvalue weighted by Gasteiger charge is 2.47. The number of fused-ring (bicyclic) bond motifs is 1. The van der Waals surface area contributed by atoms with E-state index in [4.69, 9.17) is 14.7 Å². The first kappa shape index (κ1) is 16.4. The number of hydrogen-bond donors (Lipinski definition) is 1. The van der Waals surface area contributed by atoms with Gasteiger partial charge in [-0.25, -0.2) is 0 Å². The average Bonchev–Trinajstić information content (AvgIpc) is 3.18. The van der Waals surface area contributed by atoms with Gasteiger partial charge in [0.15, 0.2) is 0 Å². The van der Waals surface area contributed by atoms with Crippen LogP contribution in [0, 0.1) is 29.1 Å². The molecule has 132 valence electrons. The second kappa shape index (κ2) is 6.66. The number of nitriles is 1. The molecule has 1 amide bonds. The number of hydrogen-bond acceptors (Lipinski definition) is 5. The highest BCUT2D eigenvalue weighted by atomic mass is 16.5. The molecular weight excluding hydrogens is 320 g/mol. The predicted molar refractivity (Wildman–Crippen MR) is 88.7 cm³/mol. The van der Waals surface area contributed by atoms with Gasteiger partial charge >= 0.3 is 0 Å². The molecule has 0 unspecified atom stereocenters. The zero-order chi connectivity index (χ0) is 17.4. The summed E-state index contributed by atoms with van der Waals surface area (Å²) in [6.07, 6.45) is 0.984. The first-order valence-electron chi connectivity index (χ1n) is 8.85. The van der Waals surface area contributed by atoms with Gasteiger partial charge in [0.2, 0.25) is 5.91 Å². The first-order valence-corrected chi connectivity index (χ1v) is 8.85. The van der Waals surface area contributed by atoms with Crippen molar-refractivity contribution in [2.45, 2.75) is 25.0 Å². The first-order chi connectivity index (χ1) is 12.1. The molecule has 25 heavy (non-hydrogen) atoms. The van der Waals surface area contributed by atoms with Gasteiger partial charge in [-0.2, -0.15) is 5.26 Å². The van der Waals surface area contributed by atoms with E-state index < -0.39 is 0 Å². The summed E-state index contributed by atoms with van der Waals surface area (Å²) in [7, 11) is 0. The smallest absolute Gasteiger partial charge is 0.225 e. The molecule has 1 saturated carbocycles. The van der Waals surface area contributed by atoms with Crippen molar-refractivity contribution in [2.24, 2.45) is 17.8 Å². The van der Waals surface area contributed by atoms with E-state index in [1.54, 1.807) is 24.3 Å². The van der Waals surface area contributed by atoms with Crippen molar-refractivity contribution in [3.05, 3.63) is 29.8 Å². The molecule has 3 aliphatic rings. The molecular formula is C19H22N2O4. The topological polar surface area (TPSA) is 82.8 Å². The molecule has 4 rings (SSSR count). The molecule has 6 heteroatoms. The lowest BCUT2D eigenvalue weighted by Crippen LogP contribution is -2.43. The molecule has 2 heterocycles. The fourth-order valence-electron chi connectivity index (χ4n) is 4.03. The Bertz CT molecular complexity index is 678. The van der Waals surface area contributed by atoms with Crippen LogP contribution < -0.4 is 4.74 Å². The minimum absolute atomic E-state index is 0.0119. The lowest BCUT2D eigenvalue weighted by atomic mass is 9.81. The number of nitrogens with zero attached hydrogens (tertiary/aromatic N) is 2. The van der Waals surface area contributed by atoms with E-state index in [0.29, 0.717) is 44.1 Å². The van der Waals surface area contributed by atoms with Crippen molar-refractivity contribution in [3.8, 4) is 11.8 Å². The third-order valence-electron chi connectivity index (χ3n) is 5.66. The Morgan fingerprint density at radius 1 is 1.32 bits per heavy atom. The van der Waals surface area contributed by atoms with Gasteiger partial charge in [0.25, 0.3) is 0 Å². The maximum Gasteiger partial charge on any atom is 0.225 e. The van der Waals surface area contributed by atoms with Gasteiger partial charge in [0.05, 0.1) is 37.1 Å². The van der Waals surface area contributed by atoms with Gasteiger partial charge in [-0.3, -0.25) is 4.79 Å². The van der Waals surface area contributed by atoms with Crippen LogP contribution in [0.1, 0.15) is 18.4 Å². The second-order valence-electron chi connectivity index (χ2n) is 7.31. The largest absolute Gasteiger partial charge is 0.493 e. The van der Waals surface area contributed by atoms with Gasteiger partial charge < -0.3 is 19.5 Å². The molecule has 0 aromatic heterocycles. The summed E-state index contributed by atoms with van der Waals surface area (Å²) in [5.74, 6) is 1.48. The van der Waals surface area contributed by atoms with E-state index in [1.165, 1.54) is 0 Å². The molecule has 1 N–H and O–H groups in total. The van der Waals surface area contributed by atoms with Crippen molar-refractivity contribution < 1.29 is 19.4 Å². The number of rotatable bonds is 4. The zero-order valence-electron chi connectivity index (χ0n) is 14.0. The highest BCUT2D eigenvalue weighted by Crippen LogP contribution is 2.37. The standard InChI is InChI=1S/C19H22N2O4/c20-7-12-1-3-16(4-2-12)24-10-14-11-25-18-9-21(8-17(14)18)19(23)13-5-15(22)6-13/h1-4,13-15,17-18,22H,5-6,8-11H2/t13?,14-,15?,17-,18-/m1/s1. The van der Waals surface area contributed by atoms with Crippen LogP contribution in [-0.4, -0.2) is 54.4 Å². The summed E-state index contributed by atoms with van der Waals surface area (Å²) in [5, 5.41) is 18.2. The summed E-state index contributed by atoms with van der Waals surface area (Å²) >= 11 is 0. The SMILES string of the molecule is N#Cc1ccc(OC[C@@H]2CO[C@@H]3CN(C(=O)C4CC(O)C4)C[C@H]23)cc1. The number of ether oxygens (including phenoxy) is 2. The molecule has 2 saturated heterocycles. The molecule has 2 aliphatic heterocycles. The van der Waals surface area contributed by atoms with E-state index in [2.05, 4.69) is 6.07 Å². The minimum atomic E-state index is -0.305. The fraction of sp³-hybridized carbons (Fsp3) is 0.579. The van der Waals surface area contributed by atoms with Crippen LogP contribution in [0.2, 0.25) is 0 Å². The third-order valence-corrected chi connectivity index (χ3v) is 5.66. The van der Waals surface area contributed by atoms with Crippen LogP contribution in [0.4, 0.5) is 0 Å². The predicted octanol–water partition coefficient (Wildman–Crippen LogP) is 1.18. The molecule has 0 radical (unpaired) electrons. The fourth-order valence-corrected chi connectivity index (χ4v) is 4.03. The number of amides is 1. The van der Waals surface area contributed by atoms with Crippen LogP contribution in [0.25, 0.3) is 0 Å². The monoisotopic (exact) mass is 342 g/mol. The molecule has 0 spiro atoms. The number of carbonyl (C=O) groups is 1. The lowest BCUT2D eigenvalue weighted by molar-refractivity contribution is -0.142. The normalized spacial score (nSPS) is 33.4. The molecule has 0 bridgehead atoms. The van der Waals surface area contributed by atoms with Crippen LogP contribution in [0.3, 0.4) is 0 Å². The van der Waals surface area contributed by atoms with Gasteiger partial charge in [-0.15, -0.1) is 0 Å². The summed E-state index contributed by atoms with van der Waals surface area (Å²) in [6.45, 7) is 2.59. The van der Waals surface area contributed by atoms with Crippen LogP contribution >= 0.6 is 0 Å². The quantitative estimate of drug-likeness (QED) is 0.888. The van der Waals surface area contributed by atoms with E-state index in [-0.39, 0.29) is 30.0 Å². The summed E-state index contributed by atoms with van der Waals surface area (Å²) < 4.78 is 11.7. The average molecular weight is 342 g/mol. The second-order valence-corrected chi connectivity index (χ2v) is 7.31. The lowest BCUT2D eigenvalue weighted by Gasteiger charge is -2.33. The maximum absolute atomic E-state index is 12.5. The zero-order valence-corrected chi connectivity index (χ0v) is 14.0. The Morgan fingerprint density at radius 2 is 2.08 bits per heavy atom. The molecule has 1 aliphatic carbocycles. The molecule has 6 nitrogen and oxygen atoms in total. The molecule has 3 fully saturated rings. The number of likely N-dealkylation sites (tertiary alicyclic amines) is 1. The van der Waals surface area contributed by atoms with Crippen molar-refractivity contribution in [2.75, 3.05) is 26.3 Å². The summed E-state index contributed by atoms with van der Waals surface area (Å²) in [5.41, 5.74) is 0.614. The molecule has 3 atom stereocenters. The Balaban J connectivity index is 1.31. The Labute approximate surface area is 146 Å². The Morgan fingerprint density at radius 3 is 2.76 bits per heavy atom. The van der Waals surface area contributed by atoms with E-state index in [9.17, 15) is 9.90 Å². The van der Waals surface area contributed by atoms with E-state index >= 15 is 0 Å². The van der Waals surface area contributed by atoms with Crippen LogP contribution in [0.5, 0.6) is 5.75 Å². The van der Waals surface area contributed by atoms with Crippen molar-refractivity contribution >= 4 is 5.91 Å². The Kier molecular flexibility index (Phi) is 4.36. The Hall–Kier alpha value is -2.10. The van der Waals surface area contributed by atoms with Gasteiger partial charge in [0, 0.05) is 30.8 Å². The molecule has 1 aromatic rings. The number of aliphatic hydroxyl groups is 1. The van der Waals surface area contributed by atoms with Crippen molar-refractivity contribution in [3.63, 3.8) is 0 Å². The summed E-state index contributed by atoms with van der Waals surface area (Å²) in [4.78, 5) is 14.4. The third kappa shape index (κ3) is 3.22. The van der Waals surface area contributed by atoms with Gasteiger partial charge in [0.1, 0.15) is 5.75 Å². The van der Waals surface area contributed by atoms with Crippen molar-refractivity contribution in [1.82, 2.24) is 4.90 Å². The maximum atomic E-state index is 12.5. The minimum Gasteiger partial charge on any atom is -0.493 e. The van der Waals surface area contributed by atoms with Crippen LogP contribution in [-0.2, 0) is 9.53 Å². The van der Waals surface area contributed by atoms with Crippen LogP contribution in [0.15, 0.2) is 24.3 Å². The van der Waals surface area contributed by atoms with Crippen molar-refractivity contribution in [1.29, 1.82) is 5.26 Å². The number of carbonyl (C=O) groups excluding carboxylic acids is 1. The highest BCUT2D eigenvalue weighted by molar-refractivity contribution is 5.80. The van der Waals surface area contributed by atoms with E-state index in [1.807, 2.05) is 4.90 Å². The number of benzene rings is 1. The summed E-state index contributed by atoms with van der Waals surface area (Å²) in [6, 6.07) is 9.18. The van der Waals surface area contributed by atoms with E-state index in [0.717, 1.165) is 12.3 Å².